The number of benzene rings is 2. The Morgan fingerprint density at radius 1 is 0.967 bits per heavy atom. The van der Waals surface area contributed by atoms with Gasteiger partial charge in [0.05, 0.1) is 5.69 Å². The first kappa shape index (κ1) is 18.8. The number of nitriles is 1. The number of anilines is 3. The normalized spacial score (nSPS) is 10.3. The summed E-state index contributed by atoms with van der Waals surface area (Å²) in [5, 5.41) is 12.1. The second kappa shape index (κ2) is 8.24. The molecule has 0 bridgehead atoms. The highest BCUT2D eigenvalue weighted by Crippen LogP contribution is 2.26. The lowest BCUT2D eigenvalue weighted by atomic mass is 10.1. The van der Waals surface area contributed by atoms with Gasteiger partial charge in [-0.2, -0.15) is 10.2 Å². The molecule has 0 aliphatic rings. The van der Waals surface area contributed by atoms with Crippen LogP contribution in [0.5, 0.6) is 11.5 Å². The van der Waals surface area contributed by atoms with Crippen molar-refractivity contribution in [1.82, 2.24) is 15.0 Å². The summed E-state index contributed by atoms with van der Waals surface area (Å²) < 4.78 is 19.2. The number of hydrogen-bond donors (Lipinski definition) is 2. The van der Waals surface area contributed by atoms with Gasteiger partial charge in [-0.05, 0) is 42.5 Å². The third-order valence-corrected chi connectivity index (χ3v) is 4.07. The van der Waals surface area contributed by atoms with E-state index in [2.05, 4.69) is 20.3 Å². The maximum absolute atomic E-state index is 13.5. The molecule has 2 aromatic carbocycles. The lowest BCUT2D eigenvalue weighted by Gasteiger charge is -2.10. The summed E-state index contributed by atoms with van der Waals surface area (Å²) >= 11 is 0. The second-order valence-electron chi connectivity index (χ2n) is 6.25. The van der Waals surface area contributed by atoms with Crippen LogP contribution in [-0.4, -0.2) is 15.0 Å². The number of aromatic nitrogens is 3. The molecule has 0 saturated heterocycles. The fourth-order valence-corrected chi connectivity index (χ4v) is 2.75. The van der Waals surface area contributed by atoms with Gasteiger partial charge in [-0.25, -0.2) is 14.4 Å². The van der Waals surface area contributed by atoms with Gasteiger partial charge in [-0.1, -0.05) is 12.1 Å². The number of nitrogen functional groups attached to an aromatic ring is 1. The minimum absolute atomic E-state index is 0.0743. The molecule has 8 heteroatoms. The summed E-state index contributed by atoms with van der Waals surface area (Å²) in [6.45, 7) is 0. The number of nitrogens with one attached hydrogen (secondary N) is 1. The van der Waals surface area contributed by atoms with Crippen molar-refractivity contribution in [3.8, 4) is 28.8 Å². The lowest BCUT2D eigenvalue weighted by molar-refractivity contribution is 0.482. The van der Waals surface area contributed by atoms with Crippen molar-refractivity contribution in [1.29, 1.82) is 5.26 Å². The molecule has 2 heterocycles. The zero-order valence-corrected chi connectivity index (χ0v) is 15.6. The molecular formula is C22H15FN6O. The Balaban J connectivity index is 1.51. The van der Waals surface area contributed by atoms with Crippen molar-refractivity contribution in [2.75, 3.05) is 11.1 Å². The van der Waals surface area contributed by atoms with Crippen LogP contribution in [0.3, 0.4) is 0 Å². The van der Waals surface area contributed by atoms with Gasteiger partial charge < -0.3 is 15.8 Å². The standard InChI is InChI=1S/C22H15FN6O/c23-15-3-1-2-14(10-15)20-12-21(29-22(25)28-20)27-16-4-6-18(7-5-16)30-19-8-9-26-17(11-19)13-24/h1-12H,(H3,25,27,28,29). The van der Waals surface area contributed by atoms with Gasteiger partial charge in [0.25, 0.3) is 0 Å². The maximum Gasteiger partial charge on any atom is 0.222 e. The van der Waals surface area contributed by atoms with Gasteiger partial charge >= 0.3 is 0 Å². The van der Waals surface area contributed by atoms with Crippen LogP contribution in [-0.2, 0) is 0 Å². The fraction of sp³-hybridized carbons (Fsp3) is 0. The molecule has 0 aliphatic heterocycles. The zero-order valence-electron chi connectivity index (χ0n) is 15.6. The number of halogens is 1. The summed E-state index contributed by atoms with van der Waals surface area (Å²) in [5.74, 6) is 1.31. The van der Waals surface area contributed by atoms with Crippen molar-refractivity contribution in [3.05, 3.63) is 84.4 Å². The molecule has 0 atom stereocenters. The minimum Gasteiger partial charge on any atom is -0.457 e. The molecule has 4 rings (SSSR count). The van der Waals surface area contributed by atoms with Crippen LogP contribution < -0.4 is 15.8 Å². The van der Waals surface area contributed by atoms with Crippen LogP contribution in [0, 0.1) is 17.1 Å². The number of ether oxygens (including phenoxy) is 1. The van der Waals surface area contributed by atoms with E-state index in [0.29, 0.717) is 28.6 Å². The highest BCUT2D eigenvalue weighted by atomic mass is 19.1. The largest absolute Gasteiger partial charge is 0.457 e. The van der Waals surface area contributed by atoms with E-state index in [1.54, 1.807) is 42.5 Å². The van der Waals surface area contributed by atoms with Crippen LogP contribution in [0.15, 0.2) is 72.9 Å². The van der Waals surface area contributed by atoms with Gasteiger partial charge in [0.15, 0.2) is 0 Å². The minimum atomic E-state index is -0.356. The van der Waals surface area contributed by atoms with E-state index in [1.165, 1.54) is 18.3 Å². The van der Waals surface area contributed by atoms with Crippen molar-refractivity contribution < 1.29 is 9.13 Å². The summed E-state index contributed by atoms with van der Waals surface area (Å²) in [6.07, 6.45) is 1.51. The Labute approximate surface area is 171 Å². The SMILES string of the molecule is N#Cc1cc(Oc2ccc(Nc3cc(-c4cccc(F)c4)nc(N)n3)cc2)ccn1. The van der Waals surface area contributed by atoms with Crippen LogP contribution >= 0.6 is 0 Å². The van der Waals surface area contributed by atoms with Crippen molar-refractivity contribution in [2.45, 2.75) is 0 Å². The molecule has 0 spiro atoms. The van der Waals surface area contributed by atoms with E-state index in [9.17, 15) is 4.39 Å². The van der Waals surface area contributed by atoms with Gasteiger partial charge in [0.1, 0.15) is 34.9 Å². The first-order valence-corrected chi connectivity index (χ1v) is 8.91. The average Bonchev–Trinajstić information content (AvgIpc) is 2.75. The maximum atomic E-state index is 13.5. The van der Waals surface area contributed by atoms with Crippen LogP contribution in [0.4, 0.5) is 21.8 Å². The van der Waals surface area contributed by atoms with Gasteiger partial charge in [-0.3, -0.25) is 0 Å². The first-order valence-electron chi connectivity index (χ1n) is 8.91. The van der Waals surface area contributed by atoms with Gasteiger partial charge in [-0.15, -0.1) is 0 Å². The van der Waals surface area contributed by atoms with Crippen molar-refractivity contribution >= 4 is 17.5 Å². The second-order valence-corrected chi connectivity index (χ2v) is 6.25. The molecule has 0 radical (unpaired) electrons. The Bertz CT molecular complexity index is 1240. The van der Waals surface area contributed by atoms with Gasteiger partial charge in [0, 0.05) is 29.6 Å². The van der Waals surface area contributed by atoms with E-state index in [0.717, 1.165) is 5.69 Å². The molecule has 0 saturated carbocycles. The monoisotopic (exact) mass is 398 g/mol. The number of nitrogens with zero attached hydrogens (tertiary/aromatic N) is 4. The number of nitrogens with two attached hydrogens (primary N) is 1. The fourth-order valence-electron chi connectivity index (χ4n) is 2.75. The average molecular weight is 398 g/mol. The number of hydrogen-bond acceptors (Lipinski definition) is 7. The molecule has 7 nitrogen and oxygen atoms in total. The lowest BCUT2D eigenvalue weighted by Crippen LogP contribution is -2.01. The van der Waals surface area contributed by atoms with E-state index >= 15 is 0 Å². The first-order chi connectivity index (χ1) is 14.6. The summed E-state index contributed by atoms with van der Waals surface area (Å²) in [4.78, 5) is 12.3. The number of pyridine rings is 1. The van der Waals surface area contributed by atoms with E-state index in [-0.39, 0.29) is 17.5 Å². The molecule has 0 aliphatic carbocycles. The summed E-state index contributed by atoms with van der Waals surface area (Å²) in [6, 6.07) is 20.2. The highest BCUT2D eigenvalue weighted by molar-refractivity contribution is 5.67. The molecule has 146 valence electrons. The molecule has 0 unspecified atom stereocenters. The molecule has 4 aromatic rings. The van der Waals surface area contributed by atoms with Crippen molar-refractivity contribution in [2.24, 2.45) is 0 Å². The zero-order chi connectivity index (χ0) is 20.9. The van der Waals surface area contributed by atoms with E-state index in [4.69, 9.17) is 15.7 Å². The summed E-state index contributed by atoms with van der Waals surface area (Å²) in [7, 11) is 0. The topological polar surface area (TPSA) is 110 Å². The summed E-state index contributed by atoms with van der Waals surface area (Å²) in [5.41, 5.74) is 7.96. The molecule has 3 N–H and O–H groups in total. The molecule has 2 aromatic heterocycles. The van der Waals surface area contributed by atoms with Crippen LogP contribution in [0.1, 0.15) is 5.69 Å². The van der Waals surface area contributed by atoms with E-state index in [1.807, 2.05) is 18.2 Å². The molecule has 30 heavy (non-hydrogen) atoms. The molecular weight excluding hydrogens is 383 g/mol. The van der Waals surface area contributed by atoms with E-state index < -0.39 is 0 Å². The molecule has 0 fully saturated rings. The molecule has 0 amide bonds. The number of rotatable bonds is 5. The third-order valence-electron chi connectivity index (χ3n) is 4.07. The van der Waals surface area contributed by atoms with Gasteiger partial charge in [0.2, 0.25) is 5.95 Å². The Kier molecular flexibility index (Phi) is 5.17. The third kappa shape index (κ3) is 4.48. The smallest absolute Gasteiger partial charge is 0.222 e. The Morgan fingerprint density at radius 2 is 1.80 bits per heavy atom. The Morgan fingerprint density at radius 3 is 2.57 bits per heavy atom. The van der Waals surface area contributed by atoms with Crippen LogP contribution in [0.2, 0.25) is 0 Å². The van der Waals surface area contributed by atoms with Crippen molar-refractivity contribution in [3.63, 3.8) is 0 Å². The quantitative estimate of drug-likeness (QED) is 0.503. The predicted octanol–water partition coefficient (Wildman–Crippen LogP) is 4.67. The predicted molar refractivity (Wildman–Crippen MR) is 111 cm³/mol. The van der Waals surface area contributed by atoms with Crippen LogP contribution in [0.25, 0.3) is 11.3 Å². The Hall–Kier alpha value is -4.51. The highest BCUT2D eigenvalue weighted by Gasteiger charge is 2.07.